The first-order chi connectivity index (χ1) is 12.8. The molecule has 0 bridgehead atoms. The first-order valence-electron chi connectivity index (χ1n) is 7.33. The van der Waals surface area contributed by atoms with Crippen LogP contribution in [0.3, 0.4) is 0 Å². The Hall–Kier alpha value is -3.30. The van der Waals surface area contributed by atoms with Crippen LogP contribution >= 0.6 is 23.8 Å². The summed E-state index contributed by atoms with van der Waals surface area (Å²) in [5.74, 6) is -1.60. The number of aromatic carboxylic acids is 1. The largest absolute Gasteiger partial charge is 0.478 e. The van der Waals surface area contributed by atoms with Gasteiger partial charge in [0.15, 0.2) is 5.11 Å². The van der Waals surface area contributed by atoms with Gasteiger partial charge in [-0.05, 0) is 54.2 Å². The van der Waals surface area contributed by atoms with Crippen LogP contribution in [0.5, 0.6) is 0 Å². The molecular formula is C17H12ClN3O5S. The van der Waals surface area contributed by atoms with Gasteiger partial charge in [-0.3, -0.25) is 20.2 Å². The van der Waals surface area contributed by atoms with E-state index in [1.165, 1.54) is 48.5 Å². The van der Waals surface area contributed by atoms with E-state index in [4.69, 9.17) is 28.9 Å². The first kappa shape index (κ1) is 20.0. The lowest BCUT2D eigenvalue weighted by atomic mass is 10.2. The lowest BCUT2D eigenvalue weighted by Crippen LogP contribution is -2.32. The number of anilines is 1. The van der Waals surface area contributed by atoms with Gasteiger partial charge in [0.1, 0.15) is 5.02 Å². The number of halogens is 1. The second-order valence-electron chi connectivity index (χ2n) is 5.13. The maximum atomic E-state index is 11.9. The molecule has 0 aromatic heterocycles. The Morgan fingerprint density at radius 1 is 1.19 bits per heavy atom. The van der Waals surface area contributed by atoms with Crippen molar-refractivity contribution in [2.24, 2.45) is 0 Å². The minimum atomic E-state index is -1.05. The minimum absolute atomic E-state index is 0.000830. The van der Waals surface area contributed by atoms with E-state index >= 15 is 0 Å². The van der Waals surface area contributed by atoms with Crippen molar-refractivity contribution >= 4 is 58.3 Å². The fourth-order valence-electron chi connectivity index (χ4n) is 1.96. The number of carboxylic acid groups (broad SMARTS) is 1. The lowest BCUT2D eigenvalue weighted by Gasteiger charge is -2.08. The van der Waals surface area contributed by atoms with Crippen molar-refractivity contribution in [1.29, 1.82) is 0 Å². The number of nitro benzene ring substituents is 1. The summed E-state index contributed by atoms with van der Waals surface area (Å²) in [5, 5.41) is 24.8. The highest BCUT2D eigenvalue weighted by Crippen LogP contribution is 2.25. The van der Waals surface area contributed by atoms with E-state index in [9.17, 15) is 19.7 Å². The lowest BCUT2D eigenvalue weighted by molar-refractivity contribution is -0.384. The summed E-state index contributed by atoms with van der Waals surface area (Å²) < 4.78 is 0. The number of nitro groups is 1. The molecule has 2 aromatic carbocycles. The maximum absolute atomic E-state index is 11.9. The predicted molar refractivity (Wildman–Crippen MR) is 105 cm³/mol. The van der Waals surface area contributed by atoms with Gasteiger partial charge in [0.05, 0.1) is 10.5 Å². The normalized spacial score (nSPS) is 10.4. The highest BCUT2D eigenvalue weighted by molar-refractivity contribution is 7.80. The number of hydrogen-bond donors (Lipinski definition) is 3. The molecule has 3 N–H and O–H groups in total. The average Bonchev–Trinajstić information content (AvgIpc) is 2.61. The number of hydrogen-bond acceptors (Lipinski definition) is 5. The van der Waals surface area contributed by atoms with Crippen LogP contribution in [-0.4, -0.2) is 27.0 Å². The van der Waals surface area contributed by atoms with E-state index in [0.29, 0.717) is 11.3 Å². The molecule has 1 amide bonds. The average molecular weight is 406 g/mol. The second kappa shape index (κ2) is 8.88. The molecule has 0 fully saturated rings. The molecule has 0 aliphatic carbocycles. The molecule has 0 radical (unpaired) electrons. The molecule has 2 aromatic rings. The molecule has 0 saturated carbocycles. The van der Waals surface area contributed by atoms with Crippen LogP contribution in [0.15, 0.2) is 48.5 Å². The number of amides is 1. The highest BCUT2D eigenvalue weighted by atomic mass is 35.5. The van der Waals surface area contributed by atoms with Gasteiger partial charge in [0, 0.05) is 17.8 Å². The Morgan fingerprint density at radius 3 is 2.44 bits per heavy atom. The third-order valence-electron chi connectivity index (χ3n) is 3.22. The van der Waals surface area contributed by atoms with Crippen molar-refractivity contribution in [1.82, 2.24) is 5.32 Å². The summed E-state index contributed by atoms with van der Waals surface area (Å²) >= 11 is 10.7. The van der Waals surface area contributed by atoms with Crippen molar-refractivity contribution in [3.8, 4) is 0 Å². The number of carboxylic acids is 1. The molecule has 0 atom stereocenters. The van der Waals surface area contributed by atoms with Gasteiger partial charge in [-0.15, -0.1) is 0 Å². The summed E-state index contributed by atoms with van der Waals surface area (Å²) in [4.78, 5) is 32.9. The zero-order chi connectivity index (χ0) is 20.0. The summed E-state index contributed by atoms with van der Waals surface area (Å²) in [5.41, 5.74) is 0.781. The van der Waals surface area contributed by atoms with Gasteiger partial charge in [-0.25, -0.2) is 4.79 Å². The van der Waals surface area contributed by atoms with Gasteiger partial charge in [0.2, 0.25) is 5.91 Å². The maximum Gasteiger partial charge on any atom is 0.335 e. The van der Waals surface area contributed by atoms with E-state index in [1.54, 1.807) is 0 Å². The second-order valence-corrected chi connectivity index (χ2v) is 5.94. The Kier molecular flexibility index (Phi) is 6.58. The molecule has 0 heterocycles. The van der Waals surface area contributed by atoms with Gasteiger partial charge in [0.25, 0.3) is 5.69 Å². The fourth-order valence-corrected chi connectivity index (χ4v) is 2.36. The van der Waals surface area contributed by atoms with E-state index in [1.807, 2.05) is 0 Å². The number of nitrogens with zero attached hydrogens (tertiary/aromatic N) is 1. The third kappa shape index (κ3) is 5.87. The summed E-state index contributed by atoms with van der Waals surface area (Å²) in [6.07, 6.45) is 2.54. The Bertz CT molecular complexity index is 944. The first-order valence-corrected chi connectivity index (χ1v) is 8.12. The standard InChI is InChI=1S/C17H12ClN3O5S/c18-13-7-1-10(9-14(13)21(25)26)2-8-15(22)20-17(27)19-12-5-3-11(4-6-12)16(23)24/h1-9H,(H,23,24)(H2,19,20,22,27)/b8-2+. The molecular weight excluding hydrogens is 394 g/mol. The monoisotopic (exact) mass is 405 g/mol. The zero-order valence-corrected chi connectivity index (χ0v) is 15.1. The molecule has 8 nitrogen and oxygen atoms in total. The fraction of sp³-hybridized carbons (Fsp3) is 0. The predicted octanol–water partition coefficient (Wildman–Crippen LogP) is 3.47. The number of rotatable bonds is 5. The smallest absolute Gasteiger partial charge is 0.335 e. The Morgan fingerprint density at radius 2 is 1.85 bits per heavy atom. The van der Waals surface area contributed by atoms with Crippen LogP contribution in [-0.2, 0) is 4.79 Å². The van der Waals surface area contributed by atoms with E-state index in [0.717, 1.165) is 6.08 Å². The Balaban J connectivity index is 1.95. The number of nitrogens with one attached hydrogen (secondary N) is 2. The van der Waals surface area contributed by atoms with Crippen molar-refractivity contribution in [3.63, 3.8) is 0 Å². The molecule has 27 heavy (non-hydrogen) atoms. The van der Waals surface area contributed by atoms with E-state index < -0.39 is 16.8 Å². The summed E-state index contributed by atoms with van der Waals surface area (Å²) in [6.45, 7) is 0. The number of carbonyl (C=O) groups excluding carboxylic acids is 1. The van der Waals surface area contributed by atoms with Crippen molar-refractivity contribution < 1.29 is 19.6 Å². The van der Waals surface area contributed by atoms with E-state index in [-0.39, 0.29) is 21.4 Å². The quantitative estimate of drug-likeness (QED) is 0.301. The van der Waals surface area contributed by atoms with Crippen LogP contribution in [0.1, 0.15) is 15.9 Å². The molecule has 0 spiro atoms. The van der Waals surface area contributed by atoms with Crippen molar-refractivity contribution in [2.75, 3.05) is 5.32 Å². The summed E-state index contributed by atoms with van der Waals surface area (Å²) in [7, 11) is 0. The third-order valence-corrected chi connectivity index (χ3v) is 3.74. The number of thiocarbonyl (C=S) groups is 1. The molecule has 0 saturated heterocycles. The zero-order valence-electron chi connectivity index (χ0n) is 13.5. The van der Waals surface area contributed by atoms with E-state index in [2.05, 4.69) is 10.6 Å². The van der Waals surface area contributed by atoms with Crippen molar-refractivity contribution in [2.45, 2.75) is 0 Å². The summed E-state index contributed by atoms with van der Waals surface area (Å²) in [6, 6.07) is 9.93. The molecule has 10 heteroatoms. The Labute approximate surface area is 163 Å². The van der Waals surface area contributed by atoms with Gasteiger partial charge in [-0.2, -0.15) is 0 Å². The highest BCUT2D eigenvalue weighted by Gasteiger charge is 2.12. The van der Waals surface area contributed by atoms with Crippen LogP contribution in [0, 0.1) is 10.1 Å². The molecule has 0 aliphatic rings. The van der Waals surface area contributed by atoms with Gasteiger partial charge < -0.3 is 10.4 Å². The molecule has 0 aliphatic heterocycles. The topological polar surface area (TPSA) is 122 Å². The molecule has 0 unspecified atom stereocenters. The SMILES string of the molecule is O=C(/C=C/c1ccc(Cl)c([N+](=O)[O-])c1)NC(=S)Nc1ccc(C(=O)O)cc1. The number of benzene rings is 2. The minimum Gasteiger partial charge on any atom is -0.478 e. The van der Waals surface area contributed by atoms with Crippen LogP contribution < -0.4 is 10.6 Å². The van der Waals surface area contributed by atoms with Gasteiger partial charge in [-0.1, -0.05) is 17.7 Å². The number of carbonyl (C=O) groups is 2. The van der Waals surface area contributed by atoms with Crippen LogP contribution in [0.25, 0.3) is 6.08 Å². The molecule has 2 rings (SSSR count). The molecule has 138 valence electrons. The van der Waals surface area contributed by atoms with Crippen LogP contribution in [0.4, 0.5) is 11.4 Å². The van der Waals surface area contributed by atoms with Crippen molar-refractivity contribution in [3.05, 3.63) is 74.8 Å². The van der Waals surface area contributed by atoms with Gasteiger partial charge >= 0.3 is 5.97 Å². The van der Waals surface area contributed by atoms with Crippen LogP contribution in [0.2, 0.25) is 5.02 Å².